The lowest BCUT2D eigenvalue weighted by Gasteiger charge is -2.16. The highest BCUT2D eigenvalue weighted by molar-refractivity contribution is 6.30. The van der Waals surface area contributed by atoms with Crippen LogP contribution in [0, 0.1) is 0 Å². The van der Waals surface area contributed by atoms with Gasteiger partial charge in [0.15, 0.2) is 0 Å². The highest BCUT2D eigenvalue weighted by Gasteiger charge is 2.16. The van der Waals surface area contributed by atoms with E-state index in [-0.39, 0.29) is 30.3 Å². The van der Waals surface area contributed by atoms with Crippen molar-refractivity contribution in [1.82, 2.24) is 10.6 Å². The minimum absolute atomic E-state index is 0.0114. The van der Waals surface area contributed by atoms with Gasteiger partial charge < -0.3 is 5.32 Å². The first-order valence-electron chi connectivity index (χ1n) is 7.66. The first-order valence-corrected chi connectivity index (χ1v) is 8.04. The van der Waals surface area contributed by atoms with Gasteiger partial charge in [-0.1, -0.05) is 37.6 Å². The monoisotopic (exact) mass is 326 g/mol. The van der Waals surface area contributed by atoms with Crippen LogP contribution in [0.3, 0.4) is 0 Å². The third-order valence-electron chi connectivity index (χ3n) is 2.80. The normalized spacial score (nSPS) is 11.4. The van der Waals surface area contributed by atoms with Gasteiger partial charge in [0.2, 0.25) is 5.91 Å². The van der Waals surface area contributed by atoms with E-state index in [0.29, 0.717) is 11.4 Å². The van der Waals surface area contributed by atoms with Crippen molar-refractivity contribution in [3.05, 3.63) is 34.9 Å². The minimum atomic E-state index is -0.367. The van der Waals surface area contributed by atoms with Gasteiger partial charge in [0.05, 0.1) is 12.6 Å². The van der Waals surface area contributed by atoms with E-state index in [0.717, 1.165) is 5.56 Å². The van der Waals surface area contributed by atoms with Crippen LogP contribution in [0.2, 0.25) is 5.02 Å². The molecule has 0 aromatic heterocycles. The van der Waals surface area contributed by atoms with Crippen LogP contribution in [0.5, 0.6) is 0 Å². The van der Waals surface area contributed by atoms with Gasteiger partial charge in [-0.15, -0.1) is 0 Å². The third kappa shape index (κ3) is 8.80. The van der Waals surface area contributed by atoms with E-state index < -0.39 is 0 Å². The topological polar surface area (TPSA) is 58.2 Å². The van der Waals surface area contributed by atoms with E-state index in [1.165, 1.54) is 6.92 Å². The molecule has 5 heteroatoms. The summed E-state index contributed by atoms with van der Waals surface area (Å²) in [6.07, 6.45) is 0.543. The number of carbonyl (C=O) groups is 2. The molecule has 1 aromatic carbocycles. The molecule has 0 heterocycles. The van der Waals surface area contributed by atoms with E-state index in [2.05, 4.69) is 10.6 Å². The largest absolute Gasteiger partial charge is 0.353 e. The Balaban J connectivity index is 0.00000211. The Hall–Kier alpha value is -1.39. The van der Waals surface area contributed by atoms with Crippen molar-refractivity contribution in [2.75, 3.05) is 6.54 Å². The van der Waals surface area contributed by atoms with Gasteiger partial charge in [-0.2, -0.15) is 0 Å². The fourth-order valence-electron chi connectivity index (χ4n) is 1.80. The molecule has 0 fully saturated rings. The zero-order valence-electron chi connectivity index (χ0n) is 14.1. The molecule has 0 unspecified atom stereocenters. The van der Waals surface area contributed by atoms with Crippen molar-refractivity contribution in [1.29, 1.82) is 0 Å². The lowest BCUT2D eigenvalue weighted by molar-refractivity contribution is -0.121. The summed E-state index contributed by atoms with van der Waals surface area (Å²) in [4.78, 5) is 23.2. The molecule has 2 N–H and O–H groups in total. The summed E-state index contributed by atoms with van der Waals surface area (Å²) in [7, 11) is 0. The maximum Gasteiger partial charge on any atom is 0.234 e. The number of halogens is 1. The number of nitrogens with one attached hydrogen (secondary N) is 2. The van der Waals surface area contributed by atoms with Crippen LogP contribution in [0.1, 0.15) is 40.2 Å². The minimum Gasteiger partial charge on any atom is -0.353 e. The van der Waals surface area contributed by atoms with Crippen LogP contribution in [0.25, 0.3) is 0 Å². The molecule has 0 aliphatic rings. The molecule has 1 aromatic rings. The number of benzene rings is 1. The molecule has 0 bridgehead atoms. The van der Waals surface area contributed by atoms with E-state index in [9.17, 15) is 9.59 Å². The molecule has 0 aliphatic heterocycles. The highest BCUT2D eigenvalue weighted by Crippen LogP contribution is 2.11. The molecule has 0 spiro atoms. The van der Waals surface area contributed by atoms with Crippen molar-refractivity contribution in [3.8, 4) is 0 Å². The van der Waals surface area contributed by atoms with E-state index >= 15 is 0 Å². The number of rotatable bonds is 7. The lowest BCUT2D eigenvalue weighted by atomic mass is 10.0. The maximum absolute atomic E-state index is 11.6. The fourth-order valence-corrected chi connectivity index (χ4v) is 1.93. The molecule has 0 aliphatic carbocycles. The number of carbonyl (C=O) groups excluding carboxylic acids is 2. The summed E-state index contributed by atoms with van der Waals surface area (Å²) in [5.74, 6) is -0.0975. The predicted molar refractivity (Wildman–Crippen MR) is 92.3 cm³/mol. The fraction of sp³-hybridized carbons (Fsp3) is 0.529. The second-order valence-electron chi connectivity index (χ2n) is 5.10. The van der Waals surface area contributed by atoms with Gasteiger partial charge in [0.1, 0.15) is 5.78 Å². The van der Waals surface area contributed by atoms with Crippen LogP contribution in [-0.4, -0.2) is 30.3 Å². The highest BCUT2D eigenvalue weighted by atomic mass is 35.5. The van der Waals surface area contributed by atoms with Gasteiger partial charge in [0.25, 0.3) is 0 Å². The third-order valence-corrected chi connectivity index (χ3v) is 3.05. The molecule has 4 nitrogen and oxygen atoms in total. The summed E-state index contributed by atoms with van der Waals surface area (Å²) in [5, 5.41) is 6.44. The standard InChI is InChI=1S/C15H21ClN2O2.C2H6/c1-10(2)18-15(20)9-17-14(11(3)19)8-12-4-6-13(16)7-5-12;1-2/h4-7,10,14,17H,8-9H2,1-3H3,(H,18,20);1-2H3/t14-;/m1./s1. The van der Waals surface area contributed by atoms with Crippen molar-refractivity contribution >= 4 is 23.3 Å². The Morgan fingerprint density at radius 3 is 2.14 bits per heavy atom. The van der Waals surface area contributed by atoms with E-state index in [1.807, 2.05) is 39.8 Å². The van der Waals surface area contributed by atoms with Gasteiger partial charge >= 0.3 is 0 Å². The average molecular weight is 327 g/mol. The van der Waals surface area contributed by atoms with Crippen molar-refractivity contribution in [3.63, 3.8) is 0 Å². The molecular formula is C17H27ClN2O2. The number of amides is 1. The quantitative estimate of drug-likeness (QED) is 0.810. The Morgan fingerprint density at radius 1 is 1.14 bits per heavy atom. The number of ketones is 1. The summed E-state index contributed by atoms with van der Waals surface area (Å²) < 4.78 is 0. The van der Waals surface area contributed by atoms with E-state index in [1.54, 1.807) is 12.1 Å². The maximum atomic E-state index is 11.6. The van der Waals surface area contributed by atoms with Gasteiger partial charge in [-0.05, 0) is 44.9 Å². The van der Waals surface area contributed by atoms with Crippen LogP contribution in [-0.2, 0) is 16.0 Å². The summed E-state index contributed by atoms with van der Waals surface area (Å²) in [5.41, 5.74) is 1.01. The van der Waals surface area contributed by atoms with Gasteiger partial charge in [-0.3, -0.25) is 14.9 Å². The molecule has 1 rings (SSSR count). The number of Topliss-reactive ketones (excluding diaryl/α,β-unsaturated/α-hetero) is 1. The van der Waals surface area contributed by atoms with E-state index in [4.69, 9.17) is 11.6 Å². The second-order valence-corrected chi connectivity index (χ2v) is 5.53. The zero-order valence-corrected chi connectivity index (χ0v) is 14.8. The number of hydrogen-bond acceptors (Lipinski definition) is 3. The second kappa shape index (κ2) is 11.2. The summed E-state index contributed by atoms with van der Waals surface area (Å²) in [6, 6.07) is 7.08. The van der Waals surface area contributed by atoms with Gasteiger partial charge in [0, 0.05) is 11.1 Å². The van der Waals surface area contributed by atoms with Crippen molar-refractivity contribution in [2.24, 2.45) is 0 Å². The first kappa shape index (κ1) is 20.6. The molecule has 22 heavy (non-hydrogen) atoms. The molecule has 0 saturated carbocycles. The number of hydrogen-bond donors (Lipinski definition) is 2. The summed E-state index contributed by atoms with van der Waals surface area (Å²) in [6.45, 7) is 9.45. The molecular weight excluding hydrogens is 300 g/mol. The Kier molecular flexibility index (Phi) is 10.5. The van der Waals surface area contributed by atoms with Gasteiger partial charge in [-0.25, -0.2) is 0 Å². The first-order chi connectivity index (χ1) is 10.4. The zero-order chi connectivity index (χ0) is 17.1. The smallest absolute Gasteiger partial charge is 0.234 e. The van der Waals surface area contributed by atoms with Crippen LogP contribution >= 0.6 is 11.6 Å². The van der Waals surface area contributed by atoms with Crippen LogP contribution in [0.4, 0.5) is 0 Å². The molecule has 0 saturated heterocycles. The summed E-state index contributed by atoms with van der Waals surface area (Å²) >= 11 is 5.83. The molecule has 124 valence electrons. The Morgan fingerprint density at radius 2 is 1.68 bits per heavy atom. The molecule has 0 radical (unpaired) electrons. The van der Waals surface area contributed by atoms with Crippen molar-refractivity contribution in [2.45, 2.75) is 53.1 Å². The average Bonchev–Trinajstić information content (AvgIpc) is 2.46. The predicted octanol–water partition coefficient (Wildman–Crippen LogP) is 2.98. The lowest BCUT2D eigenvalue weighted by Crippen LogP contribution is -2.44. The molecule has 1 amide bonds. The molecule has 1 atom stereocenters. The SMILES string of the molecule is CC.CC(=O)[C@@H](Cc1ccc(Cl)cc1)NCC(=O)NC(C)C. The Labute approximate surface area is 138 Å². The van der Waals surface area contributed by atoms with Crippen molar-refractivity contribution < 1.29 is 9.59 Å². The van der Waals surface area contributed by atoms with Crippen LogP contribution < -0.4 is 10.6 Å². The van der Waals surface area contributed by atoms with Crippen LogP contribution in [0.15, 0.2) is 24.3 Å². The Bertz CT molecular complexity index is 458.